The number of hydrogen-bond donors (Lipinski definition) is 1. The molecule has 2 aromatic heterocycles. The Morgan fingerprint density at radius 2 is 0.706 bits per heavy atom. The number of para-hydroxylation sites is 4. The molecule has 0 fully saturated rings. The highest BCUT2D eigenvalue weighted by Crippen LogP contribution is 2.43. The van der Waals surface area contributed by atoms with Crippen LogP contribution in [0.1, 0.15) is 5.56 Å². The molecular weight excluding hydrogens is 833 g/mol. The maximum absolute atomic E-state index is 9.92. The van der Waals surface area contributed by atoms with Gasteiger partial charge < -0.3 is 28.8 Å². The van der Waals surface area contributed by atoms with E-state index >= 15 is 0 Å². The van der Waals surface area contributed by atoms with Crippen LogP contribution in [0, 0.1) is 0 Å². The molecule has 12 rings (SSSR count). The molecule has 6 nitrogen and oxygen atoms in total. The lowest BCUT2D eigenvalue weighted by Crippen LogP contribution is -2.10. The van der Waals surface area contributed by atoms with Gasteiger partial charge in [0.1, 0.15) is 5.75 Å². The topological polar surface area (TPSA) is 45.8 Å². The molecule has 10 aromatic carbocycles. The highest BCUT2D eigenvalue weighted by Gasteiger charge is 2.20. The van der Waals surface area contributed by atoms with Gasteiger partial charge in [0.05, 0.1) is 35.8 Å². The number of methoxy groups -OCH3 is 1. The van der Waals surface area contributed by atoms with Gasteiger partial charge in [0.15, 0.2) is 0 Å². The summed E-state index contributed by atoms with van der Waals surface area (Å²) in [6.07, 6.45) is 0. The lowest BCUT2D eigenvalue weighted by atomic mass is 10.0. The minimum absolute atomic E-state index is 0.00802. The van der Waals surface area contributed by atoms with E-state index in [9.17, 15) is 5.11 Å². The Balaban J connectivity index is 0.914. The first kappa shape index (κ1) is 40.7. The second kappa shape index (κ2) is 17.2. The van der Waals surface area contributed by atoms with Gasteiger partial charge >= 0.3 is 0 Å². The van der Waals surface area contributed by atoms with Crippen LogP contribution in [0.5, 0.6) is 5.75 Å². The third kappa shape index (κ3) is 7.12. The van der Waals surface area contributed by atoms with E-state index in [-0.39, 0.29) is 6.61 Å². The largest absolute Gasteiger partial charge is 0.497 e. The Morgan fingerprint density at radius 1 is 0.353 bits per heavy atom. The molecule has 2 heterocycles. The highest BCUT2D eigenvalue weighted by atomic mass is 16.5. The number of ether oxygens (including phenoxy) is 1. The lowest BCUT2D eigenvalue weighted by Gasteiger charge is -2.26. The van der Waals surface area contributed by atoms with Crippen molar-refractivity contribution in [2.45, 2.75) is 6.61 Å². The van der Waals surface area contributed by atoms with Crippen LogP contribution in [0.2, 0.25) is 0 Å². The van der Waals surface area contributed by atoms with Crippen LogP contribution in [0.15, 0.2) is 243 Å². The first-order valence-electron chi connectivity index (χ1n) is 23.0. The van der Waals surface area contributed by atoms with Gasteiger partial charge in [0, 0.05) is 67.0 Å². The molecule has 0 saturated carbocycles. The molecule has 12 aromatic rings. The normalized spacial score (nSPS) is 11.4. The summed E-state index contributed by atoms with van der Waals surface area (Å²) in [5.74, 6) is 0.811. The van der Waals surface area contributed by atoms with E-state index in [1.807, 2.05) is 24.3 Å². The molecule has 0 aliphatic carbocycles. The van der Waals surface area contributed by atoms with Gasteiger partial charge in [-0.15, -0.1) is 0 Å². The van der Waals surface area contributed by atoms with Gasteiger partial charge in [-0.05, 0) is 150 Å². The fraction of sp³-hybridized carbons (Fsp3) is 0.0323. The van der Waals surface area contributed by atoms with E-state index in [1.54, 1.807) is 7.11 Å². The van der Waals surface area contributed by atoms with Crippen LogP contribution < -0.4 is 14.5 Å². The smallest absolute Gasteiger partial charge is 0.119 e. The van der Waals surface area contributed by atoms with Crippen molar-refractivity contribution in [2.75, 3.05) is 16.9 Å². The SMILES string of the molecule is COc1ccc(N(c2ccc(-c3ccc(N(c4ccc(CO)cc4)c4ccc5c(c4)c4ccccc4n5-c4ccccc4)cc3)cc2)c2ccc3c(c2)c2ccccc2n3-c2ccccc2)cc1. The standard InChI is InChI=1S/C62H46N4O2/c1-68-54-36-32-51(33-37-54)64(53-35-39-62-58(41-53)56-17-9-11-19-60(56)66(62)47-14-6-3-7-15-47)50-30-24-45(25-31-50)44-22-28-49(29-23-44)63(48-26-20-43(42-67)21-27-48)52-34-38-61-57(40-52)55-16-8-10-18-59(55)65(61)46-12-4-2-5-13-46/h2-41,67H,42H2,1H3. The Bertz CT molecular complexity index is 3480. The zero-order valence-corrected chi connectivity index (χ0v) is 37.4. The first-order valence-corrected chi connectivity index (χ1v) is 23.0. The molecule has 0 saturated heterocycles. The number of rotatable bonds is 11. The Kier molecular flexibility index (Phi) is 10.3. The van der Waals surface area contributed by atoms with E-state index in [4.69, 9.17) is 4.74 Å². The van der Waals surface area contributed by atoms with Crippen LogP contribution in [-0.2, 0) is 6.61 Å². The Morgan fingerprint density at radius 3 is 1.12 bits per heavy atom. The summed E-state index contributed by atoms with van der Waals surface area (Å²) in [6, 6.07) is 86.0. The van der Waals surface area contributed by atoms with Crippen LogP contribution in [-0.4, -0.2) is 21.4 Å². The van der Waals surface area contributed by atoms with Crippen LogP contribution >= 0.6 is 0 Å². The summed E-state index contributed by atoms with van der Waals surface area (Å²) in [5.41, 5.74) is 16.2. The van der Waals surface area contributed by atoms with Crippen LogP contribution in [0.4, 0.5) is 34.1 Å². The second-order valence-electron chi connectivity index (χ2n) is 17.1. The zero-order chi connectivity index (χ0) is 45.6. The van der Waals surface area contributed by atoms with Crippen LogP contribution in [0.25, 0.3) is 66.1 Å². The van der Waals surface area contributed by atoms with Crippen LogP contribution in [0.3, 0.4) is 0 Å². The maximum Gasteiger partial charge on any atom is 0.119 e. The number of fused-ring (bicyclic) bond motifs is 6. The van der Waals surface area contributed by atoms with Crippen molar-refractivity contribution in [3.8, 4) is 28.3 Å². The van der Waals surface area contributed by atoms with Gasteiger partial charge in [-0.1, -0.05) is 109 Å². The number of aliphatic hydroxyl groups is 1. The van der Waals surface area contributed by atoms with Crippen molar-refractivity contribution in [3.05, 3.63) is 248 Å². The van der Waals surface area contributed by atoms with Gasteiger partial charge in [0.2, 0.25) is 0 Å². The minimum Gasteiger partial charge on any atom is -0.497 e. The quantitative estimate of drug-likeness (QED) is 0.141. The van der Waals surface area contributed by atoms with E-state index in [1.165, 1.54) is 32.6 Å². The average molecular weight is 879 g/mol. The third-order valence-electron chi connectivity index (χ3n) is 13.1. The van der Waals surface area contributed by atoms with Gasteiger partial charge in [-0.25, -0.2) is 0 Å². The maximum atomic E-state index is 9.92. The summed E-state index contributed by atoms with van der Waals surface area (Å²) < 4.78 is 10.3. The fourth-order valence-corrected chi connectivity index (χ4v) is 9.89. The molecule has 0 bridgehead atoms. The molecule has 0 spiro atoms. The van der Waals surface area contributed by atoms with Gasteiger partial charge in [-0.3, -0.25) is 0 Å². The molecule has 0 aliphatic rings. The number of anilines is 6. The molecule has 0 radical (unpaired) electrons. The number of benzene rings is 10. The average Bonchev–Trinajstić information content (AvgIpc) is 3.92. The summed E-state index contributed by atoms with van der Waals surface area (Å²) >= 11 is 0. The Hall–Kier alpha value is -8.84. The third-order valence-corrected chi connectivity index (χ3v) is 13.1. The van der Waals surface area contributed by atoms with Crippen molar-refractivity contribution < 1.29 is 9.84 Å². The molecule has 0 unspecified atom stereocenters. The predicted molar refractivity (Wildman–Crippen MR) is 282 cm³/mol. The summed E-state index contributed by atoms with van der Waals surface area (Å²) in [6.45, 7) is -0.00802. The molecule has 1 N–H and O–H groups in total. The summed E-state index contributed by atoms with van der Waals surface area (Å²) in [5, 5.41) is 14.7. The van der Waals surface area contributed by atoms with E-state index < -0.39 is 0 Å². The molecular formula is C62H46N4O2. The van der Waals surface area contributed by atoms with E-state index in [0.717, 1.165) is 79.0 Å². The Labute approximate surface area is 395 Å². The number of nitrogens with zero attached hydrogens (tertiary/aromatic N) is 4. The second-order valence-corrected chi connectivity index (χ2v) is 17.1. The number of aromatic nitrogens is 2. The highest BCUT2D eigenvalue weighted by molar-refractivity contribution is 6.12. The molecule has 6 heteroatoms. The molecule has 68 heavy (non-hydrogen) atoms. The molecule has 0 atom stereocenters. The monoisotopic (exact) mass is 878 g/mol. The number of hydrogen-bond acceptors (Lipinski definition) is 4. The first-order chi connectivity index (χ1) is 33.6. The summed E-state index contributed by atoms with van der Waals surface area (Å²) in [4.78, 5) is 4.61. The van der Waals surface area contributed by atoms with Gasteiger partial charge in [-0.2, -0.15) is 0 Å². The predicted octanol–water partition coefficient (Wildman–Crippen LogP) is 16.0. The van der Waals surface area contributed by atoms with E-state index in [2.05, 4.69) is 237 Å². The fourth-order valence-electron chi connectivity index (χ4n) is 9.89. The van der Waals surface area contributed by atoms with Gasteiger partial charge in [0.25, 0.3) is 0 Å². The summed E-state index contributed by atoms with van der Waals surface area (Å²) in [7, 11) is 1.70. The van der Waals surface area contributed by atoms with Crippen molar-refractivity contribution in [3.63, 3.8) is 0 Å². The van der Waals surface area contributed by atoms with Crippen molar-refractivity contribution in [2.24, 2.45) is 0 Å². The molecule has 0 amide bonds. The van der Waals surface area contributed by atoms with Crippen molar-refractivity contribution >= 4 is 77.7 Å². The molecule has 326 valence electrons. The lowest BCUT2D eigenvalue weighted by molar-refractivity contribution is 0.282. The zero-order valence-electron chi connectivity index (χ0n) is 37.4. The van der Waals surface area contributed by atoms with E-state index in [0.29, 0.717) is 0 Å². The minimum atomic E-state index is -0.00802. The number of aliphatic hydroxyl groups excluding tert-OH is 1. The molecule has 0 aliphatic heterocycles. The van der Waals surface area contributed by atoms with Crippen molar-refractivity contribution in [1.29, 1.82) is 0 Å². The van der Waals surface area contributed by atoms with Crippen molar-refractivity contribution in [1.82, 2.24) is 9.13 Å².